The maximum atomic E-state index is 11.8. The topological polar surface area (TPSA) is 90.1 Å². The van der Waals surface area contributed by atoms with Gasteiger partial charge in [-0.05, 0) is 19.9 Å². The number of benzene rings is 1. The van der Waals surface area contributed by atoms with E-state index in [1.807, 2.05) is 6.92 Å². The van der Waals surface area contributed by atoms with Crippen molar-refractivity contribution in [3.63, 3.8) is 0 Å². The maximum Gasteiger partial charge on any atom is 0.292 e. The molecule has 110 valence electrons. The first-order valence-corrected chi connectivity index (χ1v) is 6.58. The standard InChI is InChI=1S/C14H16N4O3/c1-3-15-14-11(5-4-6-12(14)18(20)21)9-17-13(19)8-7-10(2)16-17/h4-8,15H,3,9H2,1-2H3. The van der Waals surface area contributed by atoms with Crippen LogP contribution >= 0.6 is 0 Å². The summed E-state index contributed by atoms with van der Waals surface area (Å²) in [5, 5.41) is 18.2. The molecule has 1 heterocycles. The largest absolute Gasteiger partial charge is 0.379 e. The quantitative estimate of drug-likeness (QED) is 0.670. The van der Waals surface area contributed by atoms with E-state index in [4.69, 9.17) is 0 Å². The molecule has 0 aliphatic rings. The van der Waals surface area contributed by atoms with E-state index in [1.165, 1.54) is 16.8 Å². The Morgan fingerprint density at radius 3 is 2.76 bits per heavy atom. The van der Waals surface area contributed by atoms with Crippen LogP contribution in [0.2, 0.25) is 0 Å². The molecule has 0 saturated heterocycles. The number of aryl methyl sites for hydroxylation is 1. The Kier molecular flexibility index (Phi) is 4.32. The lowest BCUT2D eigenvalue weighted by Crippen LogP contribution is -2.23. The molecular formula is C14H16N4O3. The molecule has 7 nitrogen and oxygen atoms in total. The van der Waals surface area contributed by atoms with Gasteiger partial charge in [-0.2, -0.15) is 5.10 Å². The molecule has 0 atom stereocenters. The van der Waals surface area contributed by atoms with E-state index in [2.05, 4.69) is 10.4 Å². The molecule has 2 aromatic rings. The predicted octanol–water partition coefficient (Wildman–Crippen LogP) is 1.94. The molecule has 0 amide bonds. The molecule has 21 heavy (non-hydrogen) atoms. The lowest BCUT2D eigenvalue weighted by Gasteiger charge is -2.12. The number of nitro benzene ring substituents is 1. The molecule has 0 aliphatic carbocycles. The van der Waals surface area contributed by atoms with Gasteiger partial charge in [-0.3, -0.25) is 14.9 Å². The average Bonchev–Trinajstić information content (AvgIpc) is 2.44. The number of nitrogens with one attached hydrogen (secondary N) is 1. The van der Waals surface area contributed by atoms with Gasteiger partial charge in [0.1, 0.15) is 5.69 Å². The first-order valence-electron chi connectivity index (χ1n) is 6.58. The van der Waals surface area contributed by atoms with Crippen molar-refractivity contribution in [3.05, 3.63) is 62.1 Å². The Balaban J connectivity index is 2.48. The molecule has 0 saturated carbocycles. The minimum atomic E-state index is -0.437. The highest BCUT2D eigenvalue weighted by atomic mass is 16.6. The molecule has 0 unspecified atom stereocenters. The van der Waals surface area contributed by atoms with Crippen LogP contribution in [0.25, 0.3) is 0 Å². The lowest BCUT2D eigenvalue weighted by molar-refractivity contribution is -0.384. The van der Waals surface area contributed by atoms with Gasteiger partial charge in [-0.15, -0.1) is 0 Å². The summed E-state index contributed by atoms with van der Waals surface area (Å²) in [4.78, 5) is 22.5. The van der Waals surface area contributed by atoms with Crippen LogP contribution in [0.4, 0.5) is 11.4 Å². The number of nitrogens with zero attached hydrogens (tertiary/aromatic N) is 3. The molecule has 2 rings (SSSR count). The van der Waals surface area contributed by atoms with Crippen molar-refractivity contribution < 1.29 is 4.92 Å². The molecule has 0 bridgehead atoms. The Hall–Kier alpha value is -2.70. The number of aromatic nitrogens is 2. The smallest absolute Gasteiger partial charge is 0.292 e. The molecule has 1 aromatic carbocycles. The lowest BCUT2D eigenvalue weighted by atomic mass is 10.1. The van der Waals surface area contributed by atoms with Crippen LogP contribution < -0.4 is 10.9 Å². The number of rotatable bonds is 5. The van der Waals surface area contributed by atoms with E-state index in [9.17, 15) is 14.9 Å². The fourth-order valence-corrected chi connectivity index (χ4v) is 2.08. The highest BCUT2D eigenvalue weighted by Gasteiger charge is 2.17. The molecule has 1 aromatic heterocycles. The van der Waals surface area contributed by atoms with Crippen LogP contribution in [0.5, 0.6) is 0 Å². The van der Waals surface area contributed by atoms with E-state index < -0.39 is 4.92 Å². The van der Waals surface area contributed by atoms with Crippen LogP contribution in [0.3, 0.4) is 0 Å². The van der Waals surface area contributed by atoms with E-state index >= 15 is 0 Å². The Labute approximate surface area is 121 Å². The second kappa shape index (κ2) is 6.17. The number of nitro groups is 1. The van der Waals surface area contributed by atoms with Gasteiger partial charge in [-0.25, -0.2) is 4.68 Å². The van der Waals surface area contributed by atoms with Crippen molar-refractivity contribution in [2.75, 3.05) is 11.9 Å². The number of hydrogen-bond acceptors (Lipinski definition) is 5. The summed E-state index contributed by atoms with van der Waals surface area (Å²) in [5.41, 5.74) is 1.56. The number of anilines is 1. The summed E-state index contributed by atoms with van der Waals surface area (Å²) in [6.07, 6.45) is 0. The minimum absolute atomic E-state index is 0.00458. The van der Waals surface area contributed by atoms with Crippen molar-refractivity contribution >= 4 is 11.4 Å². The van der Waals surface area contributed by atoms with Crippen molar-refractivity contribution in [1.82, 2.24) is 9.78 Å². The highest BCUT2D eigenvalue weighted by Crippen LogP contribution is 2.28. The fourth-order valence-electron chi connectivity index (χ4n) is 2.08. The third-order valence-corrected chi connectivity index (χ3v) is 3.00. The first-order chi connectivity index (χ1) is 10.0. The molecule has 0 radical (unpaired) electrons. The van der Waals surface area contributed by atoms with Crippen molar-refractivity contribution in [1.29, 1.82) is 0 Å². The van der Waals surface area contributed by atoms with E-state index in [-0.39, 0.29) is 17.8 Å². The number of para-hydroxylation sites is 1. The van der Waals surface area contributed by atoms with Gasteiger partial charge in [0.2, 0.25) is 0 Å². The Bertz CT molecular complexity index is 724. The average molecular weight is 288 g/mol. The van der Waals surface area contributed by atoms with Gasteiger partial charge in [0.25, 0.3) is 11.2 Å². The molecular weight excluding hydrogens is 272 g/mol. The highest BCUT2D eigenvalue weighted by molar-refractivity contribution is 5.66. The first kappa shape index (κ1) is 14.7. The Morgan fingerprint density at radius 1 is 1.33 bits per heavy atom. The van der Waals surface area contributed by atoms with Crippen molar-refractivity contribution in [2.24, 2.45) is 0 Å². The Morgan fingerprint density at radius 2 is 2.10 bits per heavy atom. The van der Waals surface area contributed by atoms with Gasteiger partial charge in [0.05, 0.1) is 17.2 Å². The summed E-state index contributed by atoms with van der Waals surface area (Å²) in [6.45, 7) is 4.38. The summed E-state index contributed by atoms with van der Waals surface area (Å²) in [6, 6.07) is 7.87. The van der Waals surface area contributed by atoms with Gasteiger partial charge >= 0.3 is 0 Å². The van der Waals surface area contributed by atoms with E-state index in [0.717, 1.165) is 0 Å². The van der Waals surface area contributed by atoms with Gasteiger partial charge < -0.3 is 5.32 Å². The SMILES string of the molecule is CCNc1c(Cn2nc(C)ccc2=O)cccc1[N+](=O)[O-]. The van der Waals surface area contributed by atoms with E-state index in [1.54, 1.807) is 25.1 Å². The van der Waals surface area contributed by atoms with Crippen LogP contribution in [-0.4, -0.2) is 21.2 Å². The zero-order valence-corrected chi connectivity index (χ0v) is 11.9. The van der Waals surface area contributed by atoms with Crippen LogP contribution in [-0.2, 0) is 6.54 Å². The normalized spacial score (nSPS) is 10.4. The van der Waals surface area contributed by atoms with Crippen LogP contribution in [0.15, 0.2) is 35.1 Å². The predicted molar refractivity (Wildman–Crippen MR) is 79.6 cm³/mol. The zero-order chi connectivity index (χ0) is 15.4. The minimum Gasteiger partial charge on any atom is -0.379 e. The van der Waals surface area contributed by atoms with Crippen LogP contribution in [0, 0.1) is 17.0 Å². The van der Waals surface area contributed by atoms with Crippen molar-refractivity contribution in [2.45, 2.75) is 20.4 Å². The van der Waals surface area contributed by atoms with E-state index in [0.29, 0.717) is 23.5 Å². The molecule has 7 heteroatoms. The monoisotopic (exact) mass is 288 g/mol. The van der Waals surface area contributed by atoms with Gasteiger partial charge in [0.15, 0.2) is 0 Å². The zero-order valence-electron chi connectivity index (χ0n) is 11.9. The summed E-state index contributed by atoms with van der Waals surface area (Å²) in [5.74, 6) is 0. The van der Waals surface area contributed by atoms with Crippen molar-refractivity contribution in [3.8, 4) is 0 Å². The second-order valence-electron chi connectivity index (χ2n) is 4.57. The summed E-state index contributed by atoms with van der Waals surface area (Å²) >= 11 is 0. The van der Waals surface area contributed by atoms with Crippen LogP contribution in [0.1, 0.15) is 18.2 Å². The molecule has 0 fully saturated rings. The third kappa shape index (κ3) is 3.25. The third-order valence-electron chi connectivity index (χ3n) is 3.00. The molecule has 0 spiro atoms. The molecule has 0 aliphatic heterocycles. The van der Waals surface area contributed by atoms with Gasteiger partial charge in [-0.1, -0.05) is 12.1 Å². The fraction of sp³-hybridized carbons (Fsp3) is 0.286. The summed E-state index contributed by atoms with van der Waals surface area (Å²) in [7, 11) is 0. The van der Waals surface area contributed by atoms with Gasteiger partial charge in [0, 0.05) is 24.2 Å². The second-order valence-corrected chi connectivity index (χ2v) is 4.57. The maximum absolute atomic E-state index is 11.8. The summed E-state index contributed by atoms with van der Waals surface area (Å²) < 4.78 is 1.30. The number of hydrogen-bond donors (Lipinski definition) is 1. The molecule has 1 N–H and O–H groups in total.